The Balaban J connectivity index is 1.95. The smallest absolute Gasteiger partial charge is 0.119 e. The highest BCUT2D eigenvalue weighted by Gasteiger charge is 1.99. The highest BCUT2D eigenvalue weighted by Crippen LogP contribution is 2.18. The van der Waals surface area contributed by atoms with Crippen LogP contribution in [-0.4, -0.2) is 6.10 Å². The predicted molar refractivity (Wildman–Crippen MR) is 80.7 cm³/mol. The van der Waals surface area contributed by atoms with Crippen LogP contribution in [0.25, 0.3) is 0 Å². The maximum absolute atomic E-state index is 5.62. The molecule has 0 aliphatic rings. The van der Waals surface area contributed by atoms with Crippen molar-refractivity contribution in [3.63, 3.8) is 0 Å². The number of rotatable bonds is 5. The molecular weight excluding hydrogens is 234 g/mol. The second kappa shape index (κ2) is 6.28. The van der Waals surface area contributed by atoms with Crippen LogP contribution in [0.5, 0.6) is 5.75 Å². The van der Waals surface area contributed by atoms with Gasteiger partial charge in [-0.15, -0.1) is 0 Å². The third kappa shape index (κ3) is 4.02. The summed E-state index contributed by atoms with van der Waals surface area (Å²) >= 11 is 0. The average Bonchev–Trinajstić information content (AvgIpc) is 2.39. The Morgan fingerprint density at radius 2 is 1.68 bits per heavy atom. The lowest BCUT2D eigenvalue weighted by atomic mass is 10.1. The van der Waals surface area contributed by atoms with Crippen molar-refractivity contribution < 1.29 is 4.74 Å². The summed E-state index contributed by atoms with van der Waals surface area (Å²) in [6, 6.07) is 16.5. The molecule has 0 unspecified atom stereocenters. The van der Waals surface area contributed by atoms with E-state index in [4.69, 9.17) is 4.74 Å². The highest BCUT2D eigenvalue weighted by atomic mass is 16.5. The summed E-state index contributed by atoms with van der Waals surface area (Å²) in [5.41, 5.74) is 3.75. The molecule has 0 amide bonds. The quantitative estimate of drug-likeness (QED) is 0.855. The molecule has 2 aromatic carbocycles. The van der Waals surface area contributed by atoms with Gasteiger partial charge in [0.25, 0.3) is 0 Å². The maximum Gasteiger partial charge on any atom is 0.119 e. The van der Waals surface area contributed by atoms with Gasteiger partial charge in [0.1, 0.15) is 5.75 Å². The minimum Gasteiger partial charge on any atom is -0.491 e. The van der Waals surface area contributed by atoms with Crippen LogP contribution in [0.2, 0.25) is 0 Å². The van der Waals surface area contributed by atoms with Crippen LogP contribution in [0, 0.1) is 6.92 Å². The molecule has 2 heteroatoms. The molecule has 2 aromatic rings. The van der Waals surface area contributed by atoms with Gasteiger partial charge in [-0.3, -0.25) is 0 Å². The predicted octanol–water partition coefficient (Wildman–Crippen LogP) is 4.39. The van der Waals surface area contributed by atoms with Crippen molar-refractivity contribution in [1.82, 2.24) is 0 Å². The molecular formula is C17H21NO. The van der Waals surface area contributed by atoms with E-state index in [1.54, 1.807) is 0 Å². The van der Waals surface area contributed by atoms with E-state index in [1.807, 2.05) is 26.0 Å². The number of nitrogens with one attached hydrogen (secondary N) is 1. The van der Waals surface area contributed by atoms with Crippen molar-refractivity contribution in [2.45, 2.75) is 33.4 Å². The number of hydrogen-bond donors (Lipinski definition) is 1. The Morgan fingerprint density at radius 1 is 1.00 bits per heavy atom. The summed E-state index contributed by atoms with van der Waals surface area (Å²) in [7, 11) is 0. The molecule has 0 aliphatic heterocycles. The first-order valence-corrected chi connectivity index (χ1v) is 6.70. The van der Waals surface area contributed by atoms with Crippen LogP contribution in [0.15, 0.2) is 48.5 Å². The lowest BCUT2D eigenvalue weighted by Gasteiger charge is -2.12. The SMILES string of the molecule is Cc1ccccc1CNc1ccc(OC(C)C)cc1. The molecule has 2 nitrogen and oxygen atoms in total. The molecule has 1 N–H and O–H groups in total. The maximum atomic E-state index is 5.62. The summed E-state index contributed by atoms with van der Waals surface area (Å²) in [5.74, 6) is 0.913. The van der Waals surface area contributed by atoms with Crippen LogP contribution < -0.4 is 10.1 Å². The zero-order valence-corrected chi connectivity index (χ0v) is 11.8. The van der Waals surface area contributed by atoms with Crippen molar-refractivity contribution >= 4 is 5.69 Å². The second-order valence-corrected chi connectivity index (χ2v) is 4.97. The van der Waals surface area contributed by atoms with Crippen molar-refractivity contribution in [1.29, 1.82) is 0 Å². The van der Waals surface area contributed by atoms with Gasteiger partial charge in [0.2, 0.25) is 0 Å². The minimum atomic E-state index is 0.214. The van der Waals surface area contributed by atoms with Gasteiger partial charge >= 0.3 is 0 Å². The molecule has 0 spiro atoms. The molecule has 0 radical (unpaired) electrons. The normalized spacial score (nSPS) is 10.5. The molecule has 0 aliphatic carbocycles. The average molecular weight is 255 g/mol. The van der Waals surface area contributed by atoms with Gasteiger partial charge in [-0.05, 0) is 56.2 Å². The van der Waals surface area contributed by atoms with Crippen LogP contribution in [0.1, 0.15) is 25.0 Å². The van der Waals surface area contributed by atoms with Gasteiger partial charge in [-0.25, -0.2) is 0 Å². The number of ether oxygens (including phenoxy) is 1. The fraction of sp³-hybridized carbons (Fsp3) is 0.294. The number of aryl methyl sites for hydroxylation is 1. The molecule has 0 atom stereocenters. The van der Waals surface area contributed by atoms with Crippen LogP contribution >= 0.6 is 0 Å². The van der Waals surface area contributed by atoms with Gasteiger partial charge in [0, 0.05) is 12.2 Å². The Hall–Kier alpha value is -1.96. The molecule has 0 heterocycles. The van der Waals surface area contributed by atoms with Gasteiger partial charge in [-0.1, -0.05) is 24.3 Å². The van der Waals surface area contributed by atoms with Crippen molar-refractivity contribution in [2.75, 3.05) is 5.32 Å². The lowest BCUT2D eigenvalue weighted by Crippen LogP contribution is -2.05. The van der Waals surface area contributed by atoms with Gasteiger partial charge in [0.05, 0.1) is 6.10 Å². The van der Waals surface area contributed by atoms with Crippen molar-refractivity contribution in [3.05, 3.63) is 59.7 Å². The summed E-state index contributed by atoms with van der Waals surface area (Å²) in [4.78, 5) is 0. The zero-order chi connectivity index (χ0) is 13.7. The van der Waals surface area contributed by atoms with E-state index in [9.17, 15) is 0 Å². The molecule has 0 bridgehead atoms. The summed E-state index contributed by atoms with van der Waals surface area (Å²) in [6.07, 6.45) is 0.214. The first-order valence-electron chi connectivity index (χ1n) is 6.70. The Bertz CT molecular complexity index is 517. The molecule has 19 heavy (non-hydrogen) atoms. The third-order valence-electron chi connectivity index (χ3n) is 2.97. The number of hydrogen-bond acceptors (Lipinski definition) is 2. The molecule has 0 saturated carbocycles. The summed E-state index contributed by atoms with van der Waals surface area (Å²) in [5, 5.41) is 3.43. The molecule has 2 rings (SSSR count). The monoisotopic (exact) mass is 255 g/mol. The van der Waals surface area contributed by atoms with Gasteiger partial charge < -0.3 is 10.1 Å². The third-order valence-corrected chi connectivity index (χ3v) is 2.97. The number of benzene rings is 2. The van der Waals surface area contributed by atoms with Crippen LogP contribution in [0.3, 0.4) is 0 Å². The fourth-order valence-electron chi connectivity index (χ4n) is 1.93. The number of anilines is 1. The summed E-state index contributed by atoms with van der Waals surface area (Å²) < 4.78 is 5.62. The van der Waals surface area contributed by atoms with E-state index in [1.165, 1.54) is 11.1 Å². The standard InChI is InChI=1S/C17H21NO/c1-13(2)19-17-10-8-16(9-11-17)18-12-15-7-5-4-6-14(15)3/h4-11,13,18H,12H2,1-3H3. The summed E-state index contributed by atoms with van der Waals surface area (Å²) in [6.45, 7) is 7.04. The molecule has 100 valence electrons. The first kappa shape index (κ1) is 13.5. The van der Waals surface area contributed by atoms with Crippen molar-refractivity contribution in [2.24, 2.45) is 0 Å². The lowest BCUT2D eigenvalue weighted by molar-refractivity contribution is 0.242. The zero-order valence-electron chi connectivity index (χ0n) is 11.8. The fourth-order valence-corrected chi connectivity index (χ4v) is 1.93. The topological polar surface area (TPSA) is 21.3 Å². The second-order valence-electron chi connectivity index (χ2n) is 4.97. The Labute approximate surface area is 115 Å². The van der Waals surface area contributed by atoms with Gasteiger partial charge in [-0.2, -0.15) is 0 Å². The van der Waals surface area contributed by atoms with E-state index in [0.29, 0.717) is 0 Å². The van der Waals surface area contributed by atoms with E-state index in [2.05, 4.69) is 48.6 Å². The Morgan fingerprint density at radius 3 is 2.32 bits per heavy atom. The van der Waals surface area contributed by atoms with E-state index in [-0.39, 0.29) is 6.10 Å². The van der Waals surface area contributed by atoms with Crippen molar-refractivity contribution in [3.8, 4) is 5.75 Å². The minimum absolute atomic E-state index is 0.214. The largest absolute Gasteiger partial charge is 0.491 e. The van der Waals surface area contributed by atoms with E-state index in [0.717, 1.165) is 18.0 Å². The van der Waals surface area contributed by atoms with Gasteiger partial charge in [0.15, 0.2) is 0 Å². The molecule has 0 fully saturated rings. The van der Waals surface area contributed by atoms with E-state index < -0.39 is 0 Å². The van der Waals surface area contributed by atoms with Crippen LogP contribution in [0.4, 0.5) is 5.69 Å². The Kier molecular flexibility index (Phi) is 4.45. The molecule has 0 aromatic heterocycles. The highest BCUT2D eigenvalue weighted by molar-refractivity contribution is 5.47. The first-order chi connectivity index (χ1) is 9.15. The van der Waals surface area contributed by atoms with E-state index >= 15 is 0 Å². The van der Waals surface area contributed by atoms with Crippen LogP contribution in [-0.2, 0) is 6.54 Å². The molecule has 0 saturated heterocycles.